The maximum absolute atomic E-state index is 6.06. The van der Waals surface area contributed by atoms with Gasteiger partial charge in [0.1, 0.15) is 5.65 Å². The number of nitrogens with zero attached hydrogens (tertiary/aromatic N) is 4. The molecule has 2 aromatic carbocycles. The summed E-state index contributed by atoms with van der Waals surface area (Å²) in [6.45, 7) is 0. The molecule has 4 nitrogen and oxygen atoms in total. The first-order valence-electron chi connectivity index (χ1n) is 8.35. The molecule has 0 N–H and O–H groups in total. The quantitative estimate of drug-likeness (QED) is 0.375. The van der Waals surface area contributed by atoms with E-state index in [2.05, 4.69) is 21.2 Å². The van der Waals surface area contributed by atoms with Crippen molar-refractivity contribution in [1.82, 2.24) is 19.6 Å². The monoisotopic (exact) mass is 390 g/mol. The number of fused-ring (bicyclic) bond motifs is 3. The molecule has 0 aliphatic rings. The Hall–Kier alpha value is -2.95. The predicted molar refractivity (Wildman–Crippen MR) is 109 cm³/mol. The van der Waals surface area contributed by atoms with Crippen molar-refractivity contribution < 1.29 is 0 Å². The van der Waals surface area contributed by atoms with E-state index >= 15 is 0 Å². The topological polar surface area (TPSA) is 43.1 Å². The van der Waals surface area contributed by atoms with Crippen molar-refractivity contribution in [3.8, 4) is 22.5 Å². The molecular formula is C21H12Cl2N4. The highest BCUT2D eigenvalue weighted by atomic mass is 35.5. The summed E-state index contributed by atoms with van der Waals surface area (Å²) < 4.78 is 1.99. The molecule has 0 spiro atoms. The average Bonchev–Trinajstić information content (AvgIpc) is 3.14. The first-order valence-corrected chi connectivity index (χ1v) is 9.11. The van der Waals surface area contributed by atoms with Crippen LogP contribution in [0.3, 0.4) is 0 Å². The summed E-state index contributed by atoms with van der Waals surface area (Å²) in [7, 11) is 0. The number of hydrogen-bond acceptors (Lipinski definition) is 3. The summed E-state index contributed by atoms with van der Waals surface area (Å²) in [6, 6.07) is 21.3. The van der Waals surface area contributed by atoms with E-state index in [0.717, 1.165) is 39.2 Å². The predicted octanol–water partition coefficient (Wildman–Crippen LogP) is 5.92. The molecule has 3 aromatic heterocycles. The molecular weight excluding hydrogens is 379 g/mol. The maximum atomic E-state index is 6.06. The van der Waals surface area contributed by atoms with E-state index in [9.17, 15) is 0 Å². The Morgan fingerprint density at radius 3 is 2.07 bits per heavy atom. The van der Waals surface area contributed by atoms with Crippen LogP contribution in [0.1, 0.15) is 0 Å². The van der Waals surface area contributed by atoms with Gasteiger partial charge in [-0.1, -0.05) is 35.3 Å². The van der Waals surface area contributed by atoms with Crippen LogP contribution in [0.15, 0.2) is 72.9 Å². The van der Waals surface area contributed by atoms with Gasteiger partial charge in [-0.15, -0.1) is 10.2 Å². The van der Waals surface area contributed by atoms with E-state index in [1.165, 1.54) is 0 Å². The number of rotatable bonds is 2. The smallest absolute Gasteiger partial charge is 0.170 e. The van der Waals surface area contributed by atoms with E-state index < -0.39 is 0 Å². The van der Waals surface area contributed by atoms with E-state index in [4.69, 9.17) is 23.2 Å². The van der Waals surface area contributed by atoms with Crippen LogP contribution in [0.5, 0.6) is 0 Å². The third-order valence-corrected chi connectivity index (χ3v) is 4.99. The number of hydrogen-bond donors (Lipinski definition) is 0. The van der Waals surface area contributed by atoms with Crippen molar-refractivity contribution in [2.24, 2.45) is 0 Å². The van der Waals surface area contributed by atoms with Crippen LogP contribution in [0.25, 0.3) is 39.2 Å². The summed E-state index contributed by atoms with van der Waals surface area (Å²) in [5, 5.41) is 11.3. The van der Waals surface area contributed by atoms with Crippen LogP contribution in [-0.4, -0.2) is 19.6 Å². The maximum Gasteiger partial charge on any atom is 0.170 e. The highest BCUT2D eigenvalue weighted by molar-refractivity contribution is 6.31. The van der Waals surface area contributed by atoms with Gasteiger partial charge in [-0.2, -0.15) is 0 Å². The molecule has 0 aliphatic carbocycles. The Bertz CT molecular complexity index is 1280. The normalized spacial score (nSPS) is 11.3. The van der Waals surface area contributed by atoms with Gasteiger partial charge in [0, 0.05) is 32.8 Å². The molecule has 5 rings (SSSR count). The van der Waals surface area contributed by atoms with E-state index in [1.807, 2.05) is 65.1 Å². The molecule has 0 bridgehead atoms. The summed E-state index contributed by atoms with van der Waals surface area (Å²) in [4.78, 5) is 4.57. The fraction of sp³-hybridized carbons (Fsp3) is 0. The lowest BCUT2D eigenvalue weighted by molar-refractivity contribution is 1.11. The minimum atomic E-state index is 0.678. The molecule has 3 heterocycles. The van der Waals surface area contributed by atoms with E-state index in [0.29, 0.717) is 10.0 Å². The molecule has 0 atom stereocenters. The van der Waals surface area contributed by atoms with Gasteiger partial charge in [-0.3, -0.25) is 4.40 Å². The number of aromatic nitrogens is 4. The second kappa shape index (κ2) is 6.34. The first kappa shape index (κ1) is 16.2. The van der Waals surface area contributed by atoms with Crippen molar-refractivity contribution in [2.75, 3.05) is 0 Å². The molecule has 0 unspecified atom stereocenters. The molecule has 0 saturated heterocycles. The third-order valence-electron chi connectivity index (χ3n) is 4.49. The highest BCUT2D eigenvalue weighted by Gasteiger charge is 2.16. The second-order valence-corrected chi connectivity index (χ2v) is 7.04. The first-order chi connectivity index (χ1) is 13.2. The van der Waals surface area contributed by atoms with Crippen molar-refractivity contribution in [3.05, 3.63) is 83.0 Å². The SMILES string of the molecule is Clc1ccc(-c2cc3cccnc3n3c(-c4ccc(Cl)cc4)nnc23)cc1. The van der Waals surface area contributed by atoms with Gasteiger partial charge in [-0.25, -0.2) is 4.98 Å². The van der Waals surface area contributed by atoms with Crippen LogP contribution < -0.4 is 0 Å². The van der Waals surface area contributed by atoms with Gasteiger partial charge in [0.15, 0.2) is 11.5 Å². The fourth-order valence-electron chi connectivity index (χ4n) is 3.22. The standard InChI is InChI=1S/C21H12Cl2N4/c22-16-7-3-13(4-8-16)18-12-15-2-1-11-24-19(15)27-20(25-26-21(18)27)14-5-9-17(23)10-6-14/h1-12H. The van der Waals surface area contributed by atoms with Gasteiger partial charge in [-0.05, 0) is 60.2 Å². The molecule has 5 aromatic rings. The minimum absolute atomic E-state index is 0.678. The largest absolute Gasteiger partial charge is 0.258 e. The molecule has 27 heavy (non-hydrogen) atoms. The Kier molecular flexibility index (Phi) is 3.81. The number of pyridine rings is 2. The van der Waals surface area contributed by atoms with E-state index in [-0.39, 0.29) is 0 Å². The van der Waals surface area contributed by atoms with Gasteiger partial charge >= 0.3 is 0 Å². The molecule has 0 fully saturated rings. The van der Waals surface area contributed by atoms with Crippen LogP contribution in [0.4, 0.5) is 0 Å². The zero-order chi connectivity index (χ0) is 18.4. The Morgan fingerprint density at radius 2 is 1.37 bits per heavy atom. The fourth-order valence-corrected chi connectivity index (χ4v) is 3.47. The average molecular weight is 391 g/mol. The van der Waals surface area contributed by atoms with Crippen molar-refractivity contribution in [1.29, 1.82) is 0 Å². The summed E-state index contributed by atoms with van der Waals surface area (Å²) in [5.41, 5.74) is 4.46. The summed E-state index contributed by atoms with van der Waals surface area (Å²) in [6.07, 6.45) is 1.77. The van der Waals surface area contributed by atoms with Gasteiger partial charge < -0.3 is 0 Å². The molecule has 130 valence electrons. The lowest BCUT2D eigenvalue weighted by Crippen LogP contribution is -1.96. The Balaban J connectivity index is 1.87. The summed E-state index contributed by atoms with van der Waals surface area (Å²) in [5.74, 6) is 0.723. The minimum Gasteiger partial charge on any atom is -0.258 e. The molecule has 6 heteroatoms. The van der Waals surface area contributed by atoms with Crippen LogP contribution in [0.2, 0.25) is 10.0 Å². The highest BCUT2D eigenvalue weighted by Crippen LogP contribution is 2.32. The lowest BCUT2D eigenvalue weighted by atomic mass is 10.1. The third kappa shape index (κ3) is 2.74. The van der Waals surface area contributed by atoms with Crippen LogP contribution in [0, 0.1) is 0 Å². The number of halogens is 2. The lowest BCUT2D eigenvalue weighted by Gasteiger charge is -2.09. The molecule has 0 saturated carbocycles. The van der Waals surface area contributed by atoms with Crippen molar-refractivity contribution in [2.45, 2.75) is 0 Å². The Labute approximate surface area is 165 Å². The van der Waals surface area contributed by atoms with Crippen molar-refractivity contribution in [3.63, 3.8) is 0 Å². The van der Waals surface area contributed by atoms with Crippen molar-refractivity contribution >= 4 is 39.9 Å². The zero-order valence-corrected chi connectivity index (χ0v) is 15.5. The molecule has 0 radical (unpaired) electrons. The van der Waals surface area contributed by atoms with Gasteiger partial charge in [0.2, 0.25) is 0 Å². The Morgan fingerprint density at radius 1 is 0.704 bits per heavy atom. The van der Waals surface area contributed by atoms with Crippen LogP contribution >= 0.6 is 23.2 Å². The molecule has 0 amide bonds. The van der Waals surface area contributed by atoms with Crippen LogP contribution in [-0.2, 0) is 0 Å². The second-order valence-electron chi connectivity index (χ2n) is 6.17. The van der Waals surface area contributed by atoms with Gasteiger partial charge in [0.05, 0.1) is 0 Å². The van der Waals surface area contributed by atoms with E-state index in [1.54, 1.807) is 6.20 Å². The molecule has 0 aliphatic heterocycles. The summed E-state index contributed by atoms with van der Waals surface area (Å²) >= 11 is 12.1. The zero-order valence-electron chi connectivity index (χ0n) is 14.0. The van der Waals surface area contributed by atoms with Gasteiger partial charge in [0.25, 0.3) is 0 Å². The number of benzene rings is 2.